The first-order valence-electron chi connectivity index (χ1n) is 7.53. The molecule has 1 aliphatic heterocycles. The molecule has 0 aliphatic carbocycles. The van der Waals surface area contributed by atoms with Crippen molar-refractivity contribution in [3.63, 3.8) is 0 Å². The lowest BCUT2D eigenvalue weighted by Crippen LogP contribution is -2.24. The highest BCUT2D eigenvalue weighted by Crippen LogP contribution is 2.27. The second-order valence-corrected chi connectivity index (χ2v) is 7.17. The molecule has 0 amide bonds. The minimum atomic E-state index is -0.958. The summed E-state index contributed by atoms with van der Waals surface area (Å²) in [7, 11) is -0.958. The Morgan fingerprint density at radius 3 is 2.86 bits per heavy atom. The minimum Gasteiger partial charge on any atom is -0.494 e. The van der Waals surface area contributed by atoms with Crippen LogP contribution in [0.3, 0.4) is 0 Å². The van der Waals surface area contributed by atoms with Crippen molar-refractivity contribution in [3.05, 3.63) is 29.3 Å². The van der Waals surface area contributed by atoms with Crippen LogP contribution in [-0.4, -0.2) is 28.8 Å². The number of hydrogen-bond acceptors (Lipinski definition) is 4. The summed E-state index contributed by atoms with van der Waals surface area (Å²) < 4.78 is 23.8. The van der Waals surface area contributed by atoms with Gasteiger partial charge in [-0.2, -0.15) is 0 Å². The van der Waals surface area contributed by atoms with E-state index in [0.29, 0.717) is 19.0 Å². The lowest BCUT2D eigenvalue weighted by molar-refractivity contribution is 0.127. The lowest BCUT2D eigenvalue weighted by atomic mass is 10.1. The summed E-state index contributed by atoms with van der Waals surface area (Å²) in [6.45, 7) is 7.20. The summed E-state index contributed by atoms with van der Waals surface area (Å²) in [4.78, 5) is 0. The molecule has 1 saturated heterocycles. The fourth-order valence-electron chi connectivity index (χ4n) is 2.61. The van der Waals surface area contributed by atoms with E-state index in [0.717, 1.165) is 23.3 Å². The van der Waals surface area contributed by atoms with E-state index in [9.17, 15) is 4.21 Å². The molecule has 0 bridgehead atoms. The standard InChI is InChI=1S/C16H25NO3S/c1-4-19-15-6-5-13(11(2)17)9-14(15)10-21(18)16-7-8-20-12(16)3/h5-6,9,11-12,16H,4,7-8,10,17H2,1-3H3. The van der Waals surface area contributed by atoms with Gasteiger partial charge < -0.3 is 15.2 Å². The number of rotatable bonds is 6. The molecule has 0 saturated carbocycles. The third-order valence-corrected chi connectivity index (χ3v) is 5.74. The van der Waals surface area contributed by atoms with E-state index >= 15 is 0 Å². The van der Waals surface area contributed by atoms with Crippen molar-refractivity contribution in [2.75, 3.05) is 13.2 Å². The summed E-state index contributed by atoms with van der Waals surface area (Å²) >= 11 is 0. The number of nitrogens with two attached hydrogens (primary N) is 1. The first-order chi connectivity index (χ1) is 10.0. The lowest BCUT2D eigenvalue weighted by Gasteiger charge is -2.17. The van der Waals surface area contributed by atoms with Crippen molar-refractivity contribution < 1.29 is 13.7 Å². The van der Waals surface area contributed by atoms with E-state index in [4.69, 9.17) is 15.2 Å². The predicted octanol–water partition coefficient (Wildman–Crippen LogP) is 2.53. The van der Waals surface area contributed by atoms with E-state index in [-0.39, 0.29) is 17.4 Å². The molecule has 1 aromatic rings. The van der Waals surface area contributed by atoms with E-state index in [1.54, 1.807) is 0 Å². The Morgan fingerprint density at radius 2 is 2.29 bits per heavy atom. The van der Waals surface area contributed by atoms with Gasteiger partial charge in [0.1, 0.15) is 5.75 Å². The third kappa shape index (κ3) is 4.05. The number of hydrogen-bond donors (Lipinski definition) is 1. The zero-order valence-electron chi connectivity index (χ0n) is 13.0. The average Bonchev–Trinajstić information content (AvgIpc) is 2.87. The Labute approximate surface area is 129 Å². The Kier molecular flexibility index (Phi) is 5.79. The van der Waals surface area contributed by atoms with Crippen LogP contribution in [0.2, 0.25) is 0 Å². The van der Waals surface area contributed by atoms with Gasteiger partial charge in [0.2, 0.25) is 0 Å². The fourth-order valence-corrected chi connectivity index (χ4v) is 4.22. The van der Waals surface area contributed by atoms with Gasteiger partial charge in [0.05, 0.1) is 23.7 Å². The van der Waals surface area contributed by atoms with E-state index in [1.807, 2.05) is 39.0 Å². The van der Waals surface area contributed by atoms with E-state index in [2.05, 4.69) is 0 Å². The Morgan fingerprint density at radius 1 is 1.52 bits per heavy atom. The van der Waals surface area contributed by atoms with Crippen molar-refractivity contribution in [2.45, 2.75) is 50.3 Å². The molecular formula is C16H25NO3S. The fraction of sp³-hybridized carbons (Fsp3) is 0.625. The van der Waals surface area contributed by atoms with E-state index < -0.39 is 10.8 Å². The smallest absolute Gasteiger partial charge is 0.123 e. The highest BCUT2D eigenvalue weighted by molar-refractivity contribution is 7.84. The van der Waals surface area contributed by atoms with Gasteiger partial charge in [-0.05, 0) is 44.9 Å². The largest absolute Gasteiger partial charge is 0.494 e. The molecule has 4 atom stereocenters. The van der Waals surface area contributed by atoms with Crippen LogP contribution in [0.5, 0.6) is 5.75 Å². The average molecular weight is 311 g/mol. The molecule has 4 nitrogen and oxygen atoms in total. The normalized spacial score (nSPS) is 24.8. The van der Waals surface area contributed by atoms with Crippen LogP contribution in [0.4, 0.5) is 0 Å². The molecule has 1 aromatic carbocycles. The molecule has 4 unspecified atom stereocenters. The molecule has 118 valence electrons. The van der Waals surface area contributed by atoms with Gasteiger partial charge in [-0.1, -0.05) is 6.07 Å². The monoisotopic (exact) mass is 311 g/mol. The zero-order chi connectivity index (χ0) is 15.4. The molecule has 1 aliphatic rings. The molecule has 1 fully saturated rings. The van der Waals surface area contributed by atoms with Gasteiger partial charge in [-0.3, -0.25) is 4.21 Å². The molecule has 21 heavy (non-hydrogen) atoms. The topological polar surface area (TPSA) is 61.5 Å². The summed E-state index contributed by atoms with van der Waals surface area (Å²) in [5.74, 6) is 1.30. The molecule has 0 aromatic heterocycles. The van der Waals surface area contributed by atoms with Crippen molar-refractivity contribution in [3.8, 4) is 5.75 Å². The van der Waals surface area contributed by atoms with Gasteiger partial charge in [0, 0.05) is 29.0 Å². The zero-order valence-corrected chi connectivity index (χ0v) is 13.8. The second kappa shape index (κ2) is 7.38. The Balaban J connectivity index is 2.19. The summed E-state index contributed by atoms with van der Waals surface area (Å²) in [6.07, 6.45) is 0.933. The van der Waals surface area contributed by atoms with Crippen molar-refractivity contribution in [2.24, 2.45) is 5.73 Å². The van der Waals surface area contributed by atoms with Gasteiger partial charge in [-0.25, -0.2) is 0 Å². The predicted molar refractivity (Wildman–Crippen MR) is 85.9 cm³/mol. The summed E-state index contributed by atoms with van der Waals surface area (Å²) in [6, 6.07) is 5.89. The van der Waals surface area contributed by atoms with Crippen LogP contribution < -0.4 is 10.5 Å². The van der Waals surface area contributed by atoms with Crippen LogP contribution in [0.15, 0.2) is 18.2 Å². The quantitative estimate of drug-likeness (QED) is 0.877. The maximum absolute atomic E-state index is 12.6. The molecular weight excluding hydrogens is 286 g/mol. The van der Waals surface area contributed by atoms with Crippen molar-refractivity contribution in [1.82, 2.24) is 0 Å². The summed E-state index contributed by atoms with van der Waals surface area (Å²) in [5, 5.41) is 0.110. The van der Waals surface area contributed by atoms with Gasteiger partial charge in [0.15, 0.2) is 0 Å². The van der Waals surface area contributed by atoms with Crippen LogP contribution in [0, 0.1) is 0 Å². The maximum Gasteiger partial charge on any atom is 0.123 e. The Bertz CT molecular complexity index is 504. The SMILES string of the molecule is CCOc1ccc(C(C)N)cc1CS(=O)C1CCOC1C. The molecule has 2 N–H and O–H groups in total. The van der Waals surface area contributed by atoms with Crippen molar-refractivity contribution in [1.29, 1.82) is 0 Å². The first kappa shape index (κ1) is 16.5. The molecule has 2 rings (SSSR count). The van der Waals surface area contributed by atoms with Crippen LogP contribution >= 0.6 is 0 Å². The summed E-state index contributed by atoms with van der Waals surface area (Å²) in [5.41, 5.74) is 7.96. The molecule has 0 spiro atoms. The number of benzene rings is 1. The van der Waals surface area contributed by atoms with Gasteiger partial charge in [0.25, 0.3) is 0 Å². The first-order valence-corrected chi connectivity index (χ1v) is 8.91. The molecule has 1 heterocycles. The molecule has 5 heteroatoms. The third-order valence-electron chi connectivity index (χ3n) is 3.85. The van der Waals surface area contributed by atoms with Crippen LogP contribution in [-0.2, 0) is 21.3 Å². The van der Waals surface area contributed by atoms with Crippen molar-refractivity contribution >= 4 is 10.8 Å². The molecule has 0 radical (unpaired) electrons. The van der Waals surface area contributed by atoms with Crippen LogP contribution in [0.1, 0.15) is 44.4 Å². The van der Waals surface area contributed by atoms with E-state index in [1.165, 1.54) is 0 Å². The van der Waals surface area contributed by atoms with Crippen LogP contribution in [0.25, 0.3) is 0 Å². The van der Waals surface area contributed by atoms with Gasteiger partial charge >= 0.3 is 0 Å². The van der Waals surface area contributed by atoms with Gasteiger partial charge in [-0.15, -0.1) is 0 Å². The Hall–Kier alpha value is -0.910. The maximum atomic E-state index is 12.6. The highest BCUT2D eigenvalue weighted by Gasteiger charge is 2.30. The second-order valence-electron chi connectivity index (χ2n) is 5.52. The highest BCUT2D eigenvalue weighted by atomic mass is 32.2. The number of ether oxygens (including phenoxy) is 2. The minimum absolute atomic E-state index is 0.0402.